The predicted molar refractivity (Wildman–Crippen MR) is 69.3 cm³/mol. The zero-order chi connectivity index (χ0) is 17.1. The summed E-state index contributed by atoms with van der Waals surface area (Å²) in [6.45, 7) is 1.12. The van der Waals surface area contributed by atoms with Gasteiger partial charge in [-0.2, -0.15) is 26.3 Å². The lowest BCUT2D eigenvalue weighted by Crippen LogP contribution is -2.11. The van der Waals surface area contributed by atoms with E-state index in [1.165, 1.54) is 12.4 Å². The normalized spacial score (nSPS) is 12.3. The van der Waals surface area contributed by atoms with Crippen molar-refractivity contribution in [2.45, 2.75) is 18.8 Å². The standard InChI is InChI=1S/C15H10F6NO/c16-14(17,18)11-6-12(15(19,20)21)8-13(7-11)23-5-3-10-2-1-4-22-9-10/h1-2,4-9H,3H2. The van der Waals surface area contributed by atoms with Crippen LogP contribution in [-0.4, -0.2) is 4.98 Å². The zero-order valence-electron chi connectivity index (χ0n) is 11.4. The Morgan fingerprint density at radius 3 is 2.04 bits per heavy atom. The van der Waals surface area contributed by atoms with Crippen LogP contribution in [0.15, 0.2) is 42.7 Å². The Hall–Kier alpha value is -2.25. The van der Waals surface area contributed by atoms with Gasteiger partial charge in [-0.1, -0.05) is 6.07 Å². The van der Waals surface area contributed by atoms with E-state index < -0.39 is 29.2 Å². The number of halogens is 6. The number of benzene rings is 1. The van der Waals surface area contributed by atoms with Gasteiger partial charge in [0.2, 0.25) is 0 Å². The third-order valence-corrected chi connectivity index (χ3v) is 2.82. The number of rotatable bonds is 4. The van der Waals surface area contributed by atoms with Gasteiger partial charge in [0, 0.05) is 18.8 Å². The second-order valence-corrected chi connectivity index (χ2v) is 4.59. The maximum Gasteiger partial charge on any atom is 0.416 e. The first kappa shape index (κ1) is 17.1. The fourth-order valence-electron chi connectivity index (χ4n) is 1.75. The van der Waals surface area contributed by atoms with Gasteiger partial charge in [0.1, 0.15) is 12.4 Å². The fourth-order valence-corrected chi connectivity index (χ4v) is 1.75. The first-order valence-electron chi connectivity index (χ1n) is 6.33. The van der Waals surface area contributed by atoms with Crippen LogP contribution in [0, 0.1) is 6.61 Å². The Morgan fingerprint density at radius 2 is 1.57 bits per heavy atom. The minimum Gasteiger partial charge on any atom is -0.486 e. The van der Waals surface area contributed by atoms with E-state index in [4.69, 9.17) is 4.74 Å². The molecule has 0 amide bonds. The van der Waals surface area contributed by atoms with Crippen LogP contribution < -0.4 is 4.74 Å². The molecule has 0 aliphatic rings. The molecule has 2 rings (SSSR count). The Balaban J connectivity index is 2.17. The van der Waals surface area contributed by atoms with Crippen molar-refractivity contribution >= 4 is 0 Å². The zero-order valence-corrected chi connectivity index (χ0v) is 11.4. The largest absolute Gasteiger partial charge is 0.486 e. The van der Waals surface area contributed by atoms with Gasteiger partial charge in [-0.25, -0.2) is 0 Å². The van der Waals surface area contributed by atoms with Crippen LogP contribution in [0.25, 0.3) is 0 Å². The predicted octanol–water partition coefficient (Wildman–Crippen LogP) is 4.90. The summed E-state index contributed by atoms with van der Waals surface area (Å²) in [5.74, 6) is -0.531. The van der Waals surface area contributed by atoms with E-state index in [0.717, 1.165) is 6.61 Å². The lowest BCUT2D eigenvalue weighted by Gasteiger charge is -2.14. The first-order chi connectivity index (χ1) is 10.7. The van der Waals surface area contributed by atoms with Crippen LogP contribution in [0.3, 0.4) is 0 Å². The molecule has 0 saturated heterocycles. The highest BCUT2D eigenvalue weighted by atomic mass is 19.4. The van der Waals surface area contributed by atoms with E-state index in [1.807, 2.05) is 0 Å². The maximum absolute atomic E-state index is 12.7. The van der Waals surface area contributed by atoms with Gasteiger partial charge in [-0.05, 0) is 29.8 Å². The third kappa shape index (κ3) is 4.87. The summed E-state index contributed by atoms with van der Waals surface area (Å²) < 4.78 is 81.0. The second-order valence-electron chi connectivity index (χ2n) is 4.59. The Bertz CT molecular complexity index is 619. The molecule has 0 saturated carbocycles. The van der Waals surface area contributed by atoms with Crippen molar-refractivity contribution < 1.29 is 31.1 Å². The van der Waals surface area contributed by atoms with E-state index in [9.17, 15) is 26.3 Å². The van der Waals surface area contributed by atoms with Gasteiger partial charge < -0.3 is 4.74 Å². The molecular formula is C15H10F6NO. The molecule has 2 nitrogen and oxygen atoms in total. The molecule has 0 spiro atoms. The van der Waals surface area contributed by atoms with Crippen LogP contribution >= 0.6 is 0 Å². The minimum atomic E-state index is -4.90. The molecule has 0 bridgehead atoms. The van der Waals surface area contributed by atoms with Crippen LogP contribution in [0.5, 0.6) is 5.75 Å². The number of hydrogen-bond donors (Lipinski definition) is 0. The van der Waals surface area contributed by atoms with Gasteiger partial charge in [-0.15, -0.1) is 0 Å². The molecule has 0 aliphatic carbocycles. The molecule has 0 atom stereocenters. The van der Waals surface area contributed by atoms with Crippen molar-refractivity contribution in [1.82, 2.24) is 4.98 Å². The molecule has 0 N–H and O–H groups in total. The van der Waals surface area contributed by atoms with Crippen molar-refractivity contribution in [3.63, 3.8) is 0 Å². The number of alkyl halides is 6. The van der Waals surface area contributed by atoms with Crippen molar-refractivity contribution in [3.05, 3.63) is 66.0 Å². The van der Waals surface area contributed by atoms with Gasteiger partial charge in [0.25, 0.3) is 0 Å². The van der Waals surface area contributed by atoms with Gasteiger partial charge in [-0.3, -0.25) is 4.98 Å². The first-order valence-corrected chi connectivity index (χ1v) is 6.33. The van der Waals surface area contributed by atoms with Gasteiger partial charge in [0.15, 0.2) is 0 Å². The second kappa shape index (κ2) is 6.47. The monoisotopic (exact) mass is 334 g/mol. The maximum atomic E-state index is 12.7. The quantitative estimate of drug-likeness (QED) is 0.742. The van der Waals surface area contributed by atoms with E-state index in [-0.39, 0.29) is 12.5 Å². The molecule has 2 aromatic rings. The molecule has 0 fully saturated rings. The molecular weight excluding hydrogens is 324 g/mol. The minimum absolute atomic E-state index is 0.0496. The van der Waals surface area contributed by atoms with Gasteiger partial charge in [0.05, 0.1) is 11.1 Å². The average Bonchev–Trinajstić information content (AvgIpc) is 2.46. The lowest BCUT2D eigenvalue weighted by atomic mass is 10.1. The number of aromatic nitrogens is 1. The van der Waals surface area contributed by atoms with Crippen LogP contribution in [0.4, 0.5) is 26.3 Å². The molecule has 0 aliphatic heterocycles. The number of nitrogens with zero attached hydrogens (tertiary/aromatic N) is 1. The van der Waals surface area contributed by atoms with Crippen molar-refractivity contribution in [2.75, 3.05) is 0 Å². The highest BCUT2D eigenvalue weighted by Gasteiger charge is 2.37. The van der Waals surface area contributed by atoms with Crippen LogP contribution in [0.2, 0.25) is 0 Å². The lowest BCUT2D eigenvalue weighted by molar-refractivity contribution is -0.143. The van der Waals surface area contributed by atoms with E-state index in [1.54, 1.807) is 12.1 Å². The third-order valence-electron chi connectivity index (χ3n) is 2.82. The molecule has 1 radical (unpaired) electrons. The SMILES string of the molecule is FC(F)(F)c1cc(O[CH]Cc2cccnc2)cc(C(F)(F)F)c1. The van der Waals surface area contributed by atoms with Crippen molar-refractivity contribution in [3.8, 4) is 5.75 Å². The Labute approximate surface area is 127 Å². The highest BCUT2D eigenvalue weighted by molar-refractivity contribution is 5.37. The Morgan fingerprint density at radius 1 is 0.957 bits per heavy atom. The number of pyridine rings is 1. The van der Waals surface area contributed by atoms with Crippen LogP contribution in [0.1, 0.15) is 16.7 Å². The van der Waals surface area contributed by atoms with E-state index in [0.29, 0.717) is 17.7 Å². The summed E-state index contributed by atoms with van der Waals surface area (Å²) >= 11 is 0. The van der Waals surface area contributed by atoms with Crippen molar-refractivity contribution in [2.24, 2.45) is 0 Å². The summed E-state index contributed by atoms with van der Waals surface area (Å²) in [5, 5.41) is 0. The van der Waals surface area contributed by atoms with E-state index in [2.05, 4.69) is 4.98 Å². The summed E-state index contributed by atoms with van der Waals surface area (Å²) in [4.78, 5) is 3.83. The average molecular weight is 334 g/mol. The molecule has 0 unspecified atom stereocenters. The number of ether oxygens (including phenoxy) is 1. The molecule has 1 heterocycles. The molecule has 23 heavy (non-hydrogen) atoms. The van der Waals surface area contributed by atoms with Gasteiger partial charge >= 0.3 is 12.4 Å². The molecule has 1 aromatic carbocycles. The van der Waals surface area contributed by atoms with E-state index >= 15 is 0 Å². The molecule has 8 heteroatoms. The molecule has 1 aromatic heterocycles. The highest BCUT2D eigenvalue weighted by Crippen LogP contribution is 2.38. The summed E-state index contributed by atoms with van der Waals surface area (Å²) in [6.07, 6.45) is -6.57. The number of hydrogen-bond acceptors (Lipinski definition) is 2. The summed E-state index contributed by atoms with van der Waals surface area (Å²) in [6, 6.07) is 4.44. The van der Waals surface area contributed by atoms with Crippen molar-refractivity contribution in [1.29, 1.82) is 0 Å². The smallest absolute Gasteiger partial charge is 0.416 e. The fraction of sp³-hybridized carbons (Fsp3) is 0.200. The summed E-state index contributed by atoms with van der Waals surface area (Å²) in [7, 11) is 0. The summed E-state index contributed by atoms with van der Waals surface area (Å²) in [5.41, 5.74) is -2.13. The molecule has 123 valence electrons. The van der Waals surface area contributed by atoms with Crippen LogP contribution in [-0.2, 0) is 18.8 Å². The Kier molecular flexibility index (Phi) is 4.82. The topological polar surface area (TPSA) is 22.1 Å².